The zero-order valence-corrected chi connectivity index (χ0v) is 14.5. The quantitative estimate of drug-likeness (QED) is 0.714. The maximum absolute atomic E-state index is 6.04. The van der Waals surface area contributed by atoms with Crippen molar-refractivity contribution in [1.29, 1.82) is 0 Å². The Morgan fingerprint density at radius 1 is 1.21 bits per heavy atom. The van der Waals surface area contributed by atoms with E-state index >= 15 is 0 Å². The van der Waals surface area contributed by atoms with E-state index in [9.17, 15) is 0 Å². The van der Waals surface area contributed by atoms with Crippen LogP contribution in [0.2, 0.25) is 10.0 Å². The zero-order valence-electron chi connectivity index (χ0n) is 13.0. The SMILES string of the molecule is Cn1ncc2c(N3CCC(Oc4ccc(Cl)c(Cl)c4)C3)ncnc21. The van der Waals surface area contributed by atoms with Crippen LogP contribution in [-0.2, 0) is 7.05 Å². The number of nitrogens with zero attached hydrogens (tertiary/aromatic N) is 5. The molecule has 3 heterocycles. The lowest BCUT2D eigenvalue weighted by Crippen LogP contribution is -2.25. The minimum absolute atomic E-state index is 0.0731. The molecule has 1 fully saturated rings. The summed E-state index contributed by atoms with van der Waals surface area (Å²) in [7, 11) is 1.87. The molecule has 1 unspecified atom stereocenters. The van der Waals surface area contributed by atoms with E-state index in [-0.39, 0.29) is 6.10 Å². The molecule has 0 amide bonds. The molecule has 0 aliphatic carbocycles. The number of hydrogen-bond acceptors (Lipinski definition) is 5. The Kier molecular flexibility index (Phi) is 3.94. The van der Waals surface area contributed by atoms with Crippen LogP contribution < -0.4 is 9.64 Å². The van der Waals surface area contributed by atoms with Gasteiger partial charge in [-0.2, -0.15) is 5.10 Å². The first-order chi connectivity index (χ1) is 11.6. The van der Waals surface area contributed by atoms with Crippen molar-refractivity contribution < 1.29 is 4.74 Å². The smallest absolute Gasteiger partial charge is 0.163 e. The van der Waals surface area contributed by atoms with Crippen molar-refractivity contribution >= 4 is 40.1 Å². The third-order valence-corrected chi connectivity index (χ3v) is 4.89. The summed E-state index contributed by atoms with van der Waals surface area (Å²) in [4.78, 5) is 10.9. The van der Waals surface area contributed by atoms with Crippen LogP contribution >= 0.6 is 23.2 Å². The maximum atomic E-state index is 6.04. The van der Waals surface area contributed by atoms with Gasteiger partial charge in [-0.25, -0.2) is 9.97 Å². The van der Waals surface area contributed by atoms with Crippen molar-refractivity contribution in [2.45, 2.75) is 12.5 Å². The number of halogens is 2. The summed E-state index contributed by atoms with van der Waals surface area (Å²) in [5.74, 6) is 1.62. The number of aryl methyl sites for hydroxylation is 1. The minimum atomic E-state index is 0.0731. The molecule has 1 aliphatic rings. The third-order valence-electron chi connectivity index (χ3n) is 4.15. The highest BCUT2D eigenvalue weighted by Gasteiger charge is 2.27. The number of aromatic nitrogens is 4. The van der Waals surface area contributed by atoms with Crippen LogP contribution in [0.15, 0.2) is 30.7 Å². The lowest BCUT2D eigenvalue weighted by atomic mass is 10.3. The van der Waals surface area contributed by atoms with Gasteiger partial charge in [0.15, 0.2) is 5.65 Å². The Morgan fingerprint density at radius 2 is 2.08 bits per heavy atom. The van der Waals surface area contributed by atoms with Gasteiger partial charge in [0.25, 0.3) is 0 Å². The number of anilines is 1. The molecule has 124 valence electrons. The average Bonchev–Trinajstić information content (AvgIpc) is 3.18. The molecule has 4 rings (SSSR count). The minimum Gasteiger partial charge on any atom is -0.488 e. The summed E-state index contributed by atoms with van der Waals surface area (Å²) in [5, 5.41) is 6.24. The Labute approximate surface area is 149 Å². The third kappa shape index (κ3) is 2.76. The highest BCUT2D eigenvalue weighted by molar-refractivity contribution is 6.42. The van der Waals surface area contributed by atoms with Gasteiger partial charge in [-0.3, -0.25) is 4.68 Å². The molecule has 6 nitrogen and oxygen atoms in total. The van der Waals surface area contributed by atoms with Crippen LogP contribution in [-0.4, -0.2) is 38.9 Å². The van der Waals surface area contributed by atoms with Gasteiger partial charge in [-0.05, 0) is 12.1 Å². The van der Waals surface area contributed by atoms with E-state index in [2.05, 4.69) is 20.0 Å². The van der Waals surface area contributed by atoms with Gasteiger partial charge in [-0.15, -0.1) is 0 Å². The van der Waals surface area contributed by atoms with E-state index in [0.717, 1.165) is 42.1 Å². The molecular formula is C16H15Cl2N5O. The Balaban J connectivity index is 1.52. The highest BCUT2D eigenvalue weighted by atomic mass is 35.5. The lowest BCUT2D eigenvalue weighted by molar-refractivity contribution is 0.225. The second kappa shape index (κ2) is 6.11. The van der Waals surface area contributed by atoms with E-state index in [1.165, 1.54) is 0 Å². The Morgan fingerprint density at radius 3 is 2.92 bits per heavy atom. The number of fused-ring (bicyclic) bond motifs is 1. The molecule has 1 saturated heterocycles. The average molecular weight is 364 g/mol. The second-order valence-corrected chi connectivity index (χ2v) is 6.57. The number of rotatable bonds is 3. The van der Waals surface area contributed by atoms with E-state index in [1.807, 2.05) is 13.1 Å². The van der Waals surface area contributed by atoms with Gasteiger partial charge in [0.2, 0.25) is 0 Å². The Hall–Kier alpha value is -2.05. The van der Waals surface area contributed by atoms with Crippen molar-refractivity contribution in [2.24, 2.45) is 7.05 Å². The number of hydrogen-bond donors (Lipinski definition) is 0. The highest BCUT2D eigenvalue weighted by Crippen LogP contribution is 2.30. The van der Waals surface area contributed by atoms with Crippen LogP contribution in [0, 0.1) is 0 Å². The van der Waals surface area contributed by atoms with E-state index in [4.69, 9.17) is 27.9 Å². The summed E-state index contributed by atoms with van der Waals surface area (Å²) < 4.78 is 7.78. The van der Waals surface area contributed by atoms with Gasteiger partial charge in [0.05, 0.1) is 28.2 Å². The molecule has 0 saturated carbocycles. The van der Waals surface area contributed by atoms with Crippen LogP contribution in [0.25, 0.3) is 11.0 Å². The van der Waals surface area contributed by atoms with Gasteiger partial charge >= 0.3 is 0 Å². The molecule has 2 aromatic heterocycles. The van der Waals surface area contributed by atoms with Crippen molar-refractivity contribution in [1.82, 2.24) is 19.7 Å². The Bertz CT molecular complexity index is 897. The standard InChI is InChI=1S/C16H15Cl2N5O/c1-22-15-12(7-21-22)16(20-9-19-15)23-5-4-11(8-23)24-10-2-3-13(17)14(18)6-10/h2-3,6-7,9,11H,4-5,8H2,1H3. The molecule has 24 heavy (non-hydrogen) atoms. The number of benzene rings is 1. The van der Waals surface area contributed by atoms with E-state index < -0.39 is 0 Å². The normalized spacial score (nSPS) is 17.6. The molecule has 3 aromatic rings. The first kappa shape index (κ1) is 15.5. The van der Waals surface area contributed by atoms with Crippen LogP contribution in [0.4, 0.5) is 5.82 Å². The second-order valence-electron chi connectivity index (χ2n) is 5.75. The molecule has 1 aromatic carbocycles. The topological polar surface area (TPSA) is 56.1 Å². The zero-order chi connectivity index (χ0) is 16.7. The summed E-state index contributed by atoms with van der Waals surface area (Å²) in [5.41, 5.74) is 0.828. The van der Waals surface area contributed by atoms with E-state index in [0.29, 0.717) is 10.0 Å². The van der Waals surface area contributed by atoms with Crippen LogP contribution in [0.3, 0.4) is 0 Å². The molecular weight excluding hydrogens is 349 g/mol. The van der Waals surface area contributed by atoms with E-state index in [1.54, 1.807) is 29.3 Å². The van der Waals surface area contributed by atoms with Crippen LogP contribution in [0.1, 0.15) is 6.42 Å². The fraction of sp³-hybridized carbons (Fsp3) is 0.312. The molecule has 0 spiro atoms. The fourth-order valence-corrected chi connectivity index (χ4v) is 3.25. The maximum Gasteiger partial charge on any atom is 0.163 e. The monoisotopic (exact) mass is 363 g/mol. The summed E-state index contributed by atoms with van der Waals surface area (Å²) in [6.45, 7) is 1.62. The summed E-state index contributed by atoms with van der Waals surface area (Å²) in [6.07, 6.45) is 4.36. The summed E-state index contributed by atoms with van der Waals surface area (Å²) in [6, 6.07) is 5.33. The predicted molar refractivity (Wildman–Crippen MR) is 94.0 cm³/mol. The van der Waals surface area contributed by atoms with Crippen molar-refractivity contribution in [3.05, 3.63) is 40.8 Å². The first-order valence-electron chi connectivity index (χ1n) is 7.61. The van der Waals surface area contributed by atoms with Crippen molar-refractivity contribution in [2.75, 3.05) is 18.0 Å². The predicted octanol–water partition coefficient (Wildman–Crippen LogP) is 3.33. The molecule has 0 radical (unpaired) electrons. The van der Waals surface area contributed by atoms with Crippen molar-refractivity contribution in [3.63, 3.8) is 0 Å². The lowest BCUT2D eigenvalue weighted by Gasteiger charge is -2.18. The largest absolute Gasteiger partial charge is 0.488 e. The molecule has 0 bridgehead atoms. The van der Waals surface area contributed by atoms with Gasteiger partial charge in [0, 0.05) is 26.1 Å². The van der Waals surface area contributed by atoms with Gasteiger partial charge < -0.3 is 9.64 Å². The van der Waals surface area contributed by atoms with Gasteiger partial charge in [0.1, 0.15) is 24.0 Å². The van der Waals surface area contributed by atoms with Crippen molar-refractivity contribution in [3.8, 4) is 5.75 Å². The summed E-state index contributed by atoms with van der Waals surface area (Å²) >= 11 is 12.0. The first-order valence-corrected chi connectivity index (χ1v) is 8.37. The number of ether oxygens (including phenoxy) is 1. The molecule has 1 aliphatic heterocycles. The van der Waals surface area contributed by atoms with Gasteiger partial charge in [-0.1, -0.05) is 23.2 Å². The van der Waals surface area contributed by atoms with Crippen LogP contribution in [0.5, 0.6) is 5.75 Å². The molecule has 8 heteroatoms. The molecule has 0 N–H and O–H groups in total. The molecule has 1 atom stereocenters. The fourth-order valence-electron chi connectivity index (χ4n) is 2.96.